The fourth-order valence-electron chi connectivity index (χ4n) is 4.46. The zero-order chi connectivity index (χ0) is 24.8. The van der Waals surface area contributed by atoms with Crippen molar-refractivity contribution in [1.29, 1.82) is 0 Å². The first kappa shape index (κ1) is 24.4. The number of aliphatic carboxylic acids is 1. The quantitative estimate of drug-likeness (QED) is 0.460. The Labute approximate surface area is 204 Å². The van der Waals surface area contributed by atoms with E-state index in [9.17, 15) is 19.8 Å². The van der Waals surface area contributed by atoms with E-state index < -0.39 is 18.2 Å². The number of rotatable bonds is 8. The lowest BCUT2D eigenvalue weighted by molar-refractivity contribution is -0.163. The maximum Gasteiger partial charge on any atom is 0.344 e. The molecule has 7 nitrogen and oxygen atoms in total. The van der Waals surface area contributed by atoms with Crippen LogP contribution in [0.2, 0.25) is 0 Å². The molecule has 0 aliphatic carbocycles. The summed E-state index contributed by atoms with van der Waals surface area (Å²) < 4.78 is 5.65. The van der Waals surface area contributed by atoms with Crippen LogP contribution in [-0.2, 0) is 16.9 Å². The van der Waals surface area contributed by atoms with E-state index in [1.807, 2.05) is 17.0 Å². The molecule has 1 unspecified atom stereocenters. The van der Waals surface area contributed by atoms with Crippen LogP contribution in [0.1, 0.15) is 45.8 Å². The van der Waals surface area contributed by atoms with Gasteiger partial charge in [-0.15, -0.1) is 0 Å². The molecule has 35 heavy (non-hydrogen) atoms. The smallest absolute Gasteiger partial charge is 0.344 e. The van der Waals surface area contributed by atoms with Crippen LogP contribution in [-0.4, -0.2) is 46.7 Å². The van der Waals surface area contributed by atoms with E-state index in [-0.39, 0.29) is 11.5 Å². The highest BCUT2D eigenvalue weighted by Crippen LogP contribution is 2.30. The van der Waals surface area contributed by atoms with Gasteiger partial charge in [0.05, 0.1) is 0 Å². The molecule has 1 aliphatic rings. The van der Waals surface area contributed by atoms with E-state index in [4.69, 9.17) is 10.5 Å². The second-order valence-corrected chi connectivity index (χ2v) is 8.86. The van der Waals surface area contributed by atoms with Crippen LogP contribution in [0.4, 0.5) is 0 Å². The number of aliphatic hydroxyl groups is 1. The number of nitrogens with zero attached hydrogens (tertiary/aromatic N) is 1. The summed E-state index contributed by atoms with van der Waals surface area (Å²) >= 11 is 0. The highest BCUT2D eigenvalue weighted by atomic mass is 16.5. The first-order chi connectivity index (χ1) is 16.9. The summed E-state index contributed by atoms with van der Waals surface area (Å²) in [5, 5.41) is 20.4. The lowest BCUT2D eigenvalue weighted by Crippen LogP contribution is -2.41. The van der Waals surface area contributed by atoms with Gasteiger partial charge in [0, 0.05) is 25.2 Å². The summed E-state index contributed by atoms with van der Waals surface area (Å²) in [5.74, 6) is -0.788. The third-order valence-electron chi connectivity index (χ3n) is 6.57. The Bertz CT molecular complexity index is 1170. The minimum absolute atomic E-state index is 0.0961. The number of hydrogen-bond acceptors (Lipinski definition) is 5. The molecule has 1 atom stereocenters. The number of carboxylic acid groups (broad SMARTS) is 1. The molecule has 0 saturated carbocycles. The molecular formula is C28H30N2O5. The van der Waals surface area contributed by atoms with Crippen LogP contribution >= 0.6 is 0 Å². The molecule has 4 rings (SSSR count). The number of carboxylic acids is 1. The van der Waals surface area contributed by atoms with Crippen molar-refractivity contribution in [2.45, 2.75) is 30.9 Å². The lowest BCUT2D eigenvalue weighted by Gasteiger charge is -2.32. The normalized spacial score (nSPS) is 15.9. The summed E-state index contributed by atoms with van der Waals surface area (Å²) in [6, 6.07) is 23.1. The largest absolute Gasteiger partial charge is 0.490 e. The minimum atomic E-state index is -2.20. The highest BCUT2D eigenvalue weighted by molar-refractivity contribution is 5.94. The van der Waals surface area contributed by atoms with Crippen molar-refractivity contribution in [3.05, 3.63) is 101 Å². The Balaban J connectivity index is 1.40. The Hall–Kier alpha value is -3.68. The number of hydrogen-bond donors (Lipinski definition) is 3. The SMILES string of the molecule is NCc1cccc(C2CCN(C(=O)c3cccc(OCC(O)(C(=O)O)c4ccccc4)c3)CC2)c1. The van der Waals surface area contributed by atoms with Gasteiger partial charge in [0.2, 0.25) is 5.60 Å². The summed E-state index contributed by atoms with van der Waals surface area (Å²) in [5.41, 5.74) is 6.63. The molecular weight excluding hydrogens is 444 g/mol. The van der Waals surface area contributed by atoms with E-state index in [0.29, 0.717) is 36.9 Å². The number of piperidine rings is 1. The molecule has 7 heteroatoms. The van der Waals surface area contributed by atoms with Gasteiger partial charge in [-0.05, 0) is 53.6 Å². The Morgan fingerprint density at radius 3 is 2.37 bits per heavy atom. The molecule has 0 spiro atoms. The maximum absolute atomic E-state index is 13.1. The van der Waals surface area contributed by atoms with Crippen LogP contribution in [0.25, 0.3) is 0 Å². The minimum Gasteiger partial charge on any atom is -0.490 e. The monoisotopic (exact) mass is 474 g/mol. The third-order valence-corrected chi connectivity index (χ3v) is 6.57. The molecule has 1 heterocycles. The number of nitrogens with two attached hydrogens (primary N) is 1. The van der Waals surface area contributed by atoms with E-state index in [0.717, 1.165) is 18.4 Å². The van der Waals surface area contributed by atoms with Gasteiger partial charge in [0.15, 0.2) is 0 Å². The number of carbonyl (C=O) groups is 2. The van der Waals surface area contributed by atoms with Crippen LogP contribution < -0.4 is 10.5 Å². The van der Waals surface area contributed by atoms with Crippen LogP contribution in [0.5, 0.6) is 5.75 Å². The van der Waals surface area contributed by atoms with Gasteiger partial charge in [0.1, 0.15) is 12.4 Å². The van der Waals surface area contributed by atoms with Crippen molar-refractivity contribution in [2.24, 2.45) is 5.73 Å². The number of likely N-dealkylation sites (tertiary alicyclic amines) is 1. The number of amides is 1. The topological polar surface area (TPSA) is 113 Å². The van der Waals surface area contributed by atoms with E-state index in [1.54, 1.807) is 42.5 Å². The predicted molar refractivity (Wildman–Crippen MR) is 132 cm³/mol. The highest BCUT2D eigenvalue weighted by Gasteiger charge is 2.39. The Morgan fingerprint density at radius 1 is 0.971 bits per heavy atom. The van der Waals surface area contributed by atoms with Gasteiger partial charge in [-0.3, -0.25) is 4.79 Å². The third kappa shape index (κ3) is 5.53. The summed E-state index contributed by atoms with van der Waals surface area (Å²) in [6.07, 6.45) is 1.75. The van der Waals surface area contributed by atoms with Crippen molar-refractivity contribution in [1.82, 2.24) is 4.90 Å². The molecule has 3 aromatic carbocycles. The predicted octanol–water partition coefficient (Wildman–Crippen LogP) is 3.52. The fraction of sp³-hybridized carbons (Fsp3) is 0.286. The summed E-state index contributed by atoms with van der Waals surface area (Å²) in [4.78, 5) is 26.8. The maximum atomic E-state index is 13.1. The molecule has 0 radical (unpaired) electrons. The van der Waals surface area contributed by atoms with Gasteiger partial charge >= 0.3 is 5.97 Å². The molecule has 0 bridgehead atoms. The average Bonchev–Trinajstić information content (AvgIpc) is 2.92. The number of carbonyl (C=O) groups excluding carboxylic acids is 1. The average molecular weight is 475 g/mol. The van der Waals surface area contributed by atoms with Crippen LogP contribution in [0.3, 0.4) is 0 Å². The number of ether oxygens (including phenoxy) is 1. The van der Waals surface area contributed by atoms with Gasteiger partial charge in [-0.2, -0.15) is 0 Å². The van der Waals surface area contributed by atoms with Gasteiger partial charge in [-0.1, -0.05) is 60.7 Å². The lowest BCUT2D eigenvalue weighted by atomic mass is 9.88. The van der Waals surface area contributed by atoms with Crippen LogP contribution in [0, 0.1) is 0 Å². The summed E-state index contributed by atoms with van der Waals surface area (Å²) in [6.45, 7) is 1.32. The second kappa shape index (κ2) is 10.7. The Morgan fingerprint density at radius 2 is 1.69 bits per heavy atom. The van der Waals surface area contributed by atoms with E-state index in [1.165, 1.54) is 17.7 Å². The van der Waals surface area contributed by atoms with Crippen LogP contribution in [0.15, 0.2) is 78.9 Å². The van der Waals surface area contributed by atoms with E-state index in [2.05, 4.69) is 12.1 Å². The van der Waals surface area contributed by atoms with Gasteiger partial charge in [-0.25, -0.2) is 4.79 Å². The van der Waals surface area contributed by atoms with Crippen molar-refractivity contribution >= 4 is 11.9 Å². The summed E-state index contributed by atoms with van der Waals surface area (Å²) in [7, 11) is 0. The molecule has 182 valence electrons. The number of benzene rings is 3. The van der Waals surface area contributed by atoms with Crippen molar-refractivity contribution in [2.75, 3.05) is 19.7 Å². The first-order valence-electron chi connectivity index (χ1n) is 11.7. The molecule has 1 amide bonds. The Kier molecular flexibility index (Phi) is 7.48. The molecule has 3 aromatic rings. The molecule has 1 saturated heterocycles. The van der Waals surface area contributed by atoms with E-state index >= 15 is 0 Å². The van der Waals surface area contributed by atoms with Crippen molar-refractivity contribution in [3.8, 4) is 5.75 Å². The zero-order valence-corrected chi connectivity index (χ0v) is 19.5. The first-order valence-corrected chi connectivity index (χ1v) is 11.7. The zero-order valence-electron chi connectivity index (χ0n) is 19.5. The molecule has 4 N–H and O–H groups in total. The fourth-order valence-corrected chi connectivity index (χ4v) is 4.46. The molecule has 1 fully saturated rings. The van der Waals surface area contributed by atoms with Gasteiger partial charge in [0.25, 0.3) is 5.91 Å². The molecule has 0 aromatic heterocycles. The second-order valence-electron chi connectivity index (χ2n) is 8.86. The van der Waals surface area contributed by atoms with Gasteiger partial charge < -0.3 is 25.6 Å². The van der Waals surface area contributed by atoms with Crippen molar-refractivity contribution in [3.63, 3.8) is 0 Å². The van der Waals surface area contributed by atoms with Crippen molar-refractivity contribution < 1.29 is 24.5 Å². The molecule has 1 aliphatic heterocycles. The standard InChI is InChI=1S/C28H30N2O5/c29-18-20-6-4-7-22(16-20)21-12-14-30(15-13-21)26(31)23-8-5-11-25(17-23)35-19-28(34,27(32)33)24-9-2-1-3-10-24/h1-11,16-17,21,34H,12-15,18-19,29H2,(H,32,33).